The number of anilines is 1. The summed E-state index contributed by atoms with van der Waals surface area (Å²) in [4.78, 5) is 8.58. The predicted molar refractivity (Wildman–Crippen MR) is 70.9 cm³/mol. The van der Waals surface area contributed by atoms with Gasteiger partial charge in [-0.3, -0.25) is 4.98 Å². The summed E-state index contributed by atoms with van der Waals surface area (Å²) < 4.78 is 13.3. The highest BCUT2D eigenvalue weighted by atomic mass is 19.1. The summed E-state index contributed by atoms with van der Waals surface area (Å²) in [5, 5.41) is 3.21. The van der Waals surface area contributed by atoms with E-state index in [1.165, 1.54) is 12.1 Å². The Morgan fingerprint density at radius 1 is 1.22 bits per heavy atom. The Morgan fingerprint density at radius 3 is 2.78 bits per heavy atom. The van der Waals surface area contributed by atoms with E-state index in [4.69, 9.17) is 0 Å². The zero-order valence-corrected chi connectivity index (χ0v) is 10.6. The van der Waals surface area contributed by atoms with E-state index in [0.29, 0.717) is 11.5 Å². The molecule has 0 bridgehead atoms. The molecule has 0 saturated heterocycles. The fraction of sp³-hybridized carbons (Fsp3) is 0.286. The summed E-state index contributed by atoms with van der Waals surface area (Å²) >= 11 is 0. The van der Waals surface area contributed by atoms with E-state index in [1.807, 2.05) is 6.92 Å². The van der Waals surface area contributed by atoms with Crippen LogP contribution in [0.15, 0.2) is 30.6 Å². The molecule has 2 aromatic rings. The van der Waals surface area contributed by atoms with Gasteiger partial charge in [-0.15, -0.1) is 0 Å². The van der Waals surface area contributed by atoms with Crippen molar-refractivity contribution in [3.05, 3.63) is 42.0 Å². The number of rotatable bonds is 4. The van der Waals surface area contributed by atoms with E-state index >= 15 is 0 Å². The molecule has 0 unspecified atom stereocenters. The van der Waals surface area contributed by atoms with Crippen molar-refractivity contribution in [2.24, 2.45) is 0 Å². The molecule has 0 saturated carbocycles. The largest absolute Gasteiger partial charge is 0.368 e. The molecule has 0 radical (unpaired) electrons. The minimum absolute atomic E-state index is 0.261. The highest BCUT2D eigenvalue weighted by molar-refractivity contribution is 5.73. The summed E-state index contributed by atoms with van der Waals surface area (Å²) in [6.45, 7) is 4.84. The summed E-state index contributed by atoms with van der Waals surface area (Å²) in [5.74, 6) is 0.441. The van der Waals surface area contributed by atoms with Gasteiger partial charge >= 0.3 is 0 Å². The molecule has 0 amide bonds. The molecule has 2 rings (SSSR count). The zero-order valence-electron chi connectivity index (χ0n) is 10.6. The molecule has 0 aliphatic heterocycles. The van der Waals surface area contributed by atoms with Crippen LogP contribution < -0.4 is 5.32 Å². The van der Waals surface area contributed by atoms with Crippen molar-refractivity contribution in [1.29, 1.82) is 0 Å². The van der Waals surface area contributed by atoms with Gasteiger partial charge in [-0.2, -0.15) is 0 Å². The second kappa shape index (κ2) is 5.58. The van der Waals surface area contributed by atoms with Crippen molar-refractivity contribution < 1.29 is 4.39 Å². The lowest BCUT2D eigenvalue weighted by Crippen LogP contribution is -2.05. The Balaban J connectivity index is 2.46. The van der Waals surface area contributed by atoms with Gasteiger partial charge in [0, 0.05) is 24.5 Å². The third kappa shape index (κ3) is 2.64. The van der Waals surface area contributed by atoms with Gasteiger partial charge in [0.25, 0.3) is 0 Å². The molecule has 1 N–H and O–H groups in total. The number of nitrogens with one attached hydrogen (secondary N) is 1. The normalized spacial score (nSPS) is 10.4. The Hall–Kier alpha value is -1.97. The van der Waals surface area contributed by atoms with Crippen LogP contribution in [-0.4, -0.2) is 16.5 Å². The van der Waals surface area contributed by atoms with Crippen molar-refractivity contribution >= 4 is 5.82 Å². The standard InChI is InChI=1S/C14H16FN3/c1-3-6-17-14-13(16-7-8-18-14)12-9-11(15)5-4-10(12)2/h4-5,7-9H,3,6H2,1-2H3,(H,17,18). The van der Waals surface area contributed by atoms with Gasteiger partial charge in [-0.05, 0) is 31.0 Å². The van der Waals surface area contributed by atoms with E-state index in [2.05, 4.69) is 22.2 Å². The number of halogens is 1. The van der Waals surface area contributed by atoms with Crippen LogP contribution in [0.5, 0.6) is 0 Å². The topological polar surface area (TPSA) is 37.8 Å². The molecule has 94 valence electrons. The van der Waals surface area contributed by atoms with Crippen LogP contribution in [0.4, 0.5) is 10.2 Å². The van der Waals surface area contributed by atoms with Crippen molar-refractivity contribution in [2.45, 2.75) is 20.3 Å². The first-order valence-corrected chi connectivity index (χ1v) is 6.03. The first-order valence-electron chi connectivity index (χ1n) is 6.03. The SMILES string of the molecule is CCCNc1nccnc1-c1cc(F)ccc1C. The molecule has 0 atom stereocenters. The molecule has 1 aromatic carbocycles. The Labute approximate surface area is 106 Å². The molecule has 1 aromatic heterocycles. The van der Waals surface area contributed by atoms with Crippen LogP contribution in [0.2, 0.25) is 0 Å². The number of benzene rings is 1. The van der Waals surface area contributed by atoms with E-state index < -0.39 is 0 Å². The molecule has 1 heterocycles. The molecular formula is C14H16FN3. The van der Waals surface area contributed by atoms with Crippen LogP contribution in [-0.2, 0) is 0 Å². The number of hydrogen-bond donors (Lipinski definition) is 1. The maximum atomic E-state index is 13.3. The summed E-state index contributed by atoms with van der Waals surface area (Å²) in [6.07, 6.45) is 4.26. The fourth-order valence-electron chi connectivity index (χ4n) is 1.76. The summed E-state index contributed by atoms with van der Waals surface area (Å²) in [7, 11) is 0. The zero-order chi connectivity index (χ0) is 13.0. The number of aromatic nitrogens is 2. The molecule has 0 aliphatic carbocycles. The Morgan fingerprint density at radius 2 is 2.00 bits per heavy atom. The number of aryl methyl sites for hydroxylation is 1. The van der Waals surface area contributed by atoms with Crippen LogP contribution >= 0.6 is 0 Å². The second-order valence-electron chi connectivity index (χ2n) is 4.14. The minimum Gasteiger partial charge on any atom is -0.368 e. The van der Waals surface area contributed by atoms with E-state index in [0.717, 1.165) is 24.1 Å². The first kappa shape index (κ1) is 12.5. The lowest BCUT2D eigenvalue weighted by molar-refractivity contribution is 0.628. The van der Waals surface area contributed by atoms with Crippen molar-refractivity contribution in [3.8, 4) is 11.3 Å². The molecular weight excluding hydrogens is 229 g/mol. The highest BCUT2D eigenvalue weighted by Gasteiger charge is 2.10. The number of hydrogen-bond acceptors (Lipinski definition) is 3. The molecule has 0 spiro atoms. The van der Waals surface area contributed by atoms with Gasteiger partial charge in [0.05, 0.1) is 0 Å². The van der Waals surface area contributed by atoms with E-state index in [9.17, 15) is 4.39 Å². The third-order valence-electron chi connectivity index (χ3n) is 2.70. The maximum Gasteiger partial charge on any atom is 0.152 e. The molecule has 0 fully saturated rings. The second-order valence-corrected chi connectivity index (χ2v) is 4.14. The lowest BCUT2D eigenvalue weighted by Gasteiger charge is -2.11. The van der Waals surface area contributed by atoms with E-state index in [1.54, 1.807) is 18.5 Å². The van der Waals surface area contributed by atoms with E-state index in [-0.39, 0.29) is 5.82 Å². The maximum absolute atomic E-state index is 13.3. The van der Waals surface area contributed by atoms with Gasteiger partial charge in [-0.25, -0.2) is 9.37 Å². The van der Waals surface area contributed by atoms with Crippen molar-refractivity contribution in [1.82, 2.24) is 9.97 Å². The monoisotopic (exact) mass is 245 g/mol. The minimum atomic E-state index is -0.261. The van der Waals surface area contributed by atoms with Gasteiger partial charge < -0.3 is 5.32 Å². The van der Waals surface area contributed by atoms with Crippen LogP contribution in [0.25, 0.3) is 11.3 Å². The van der Waals surface area contributed by atoms with Crippen LogP contribution in [0, 0.1) is 12.7 Å². The van der Waals surface area contributed by atoms with Crippen molar-refractivity contribution in [2.75, 3.05) is 11.9 Å². The molecule has 0 aliphatic rings. The Kier molecular flexibility index (Phi) is 3.87. The van der Waals surface area contributed by atoms with Gasteiger partial charge in [0.15, 0.2) is 5.82 Å². The van der Waals surface area contributed by atoms with Crippen molar-refractivity contribution in [3.63, 3.8) is 0 Å². The first-order chi connectivity index (χ1) is 8.72. The third-order valence-corrected chi connectivity index (χ3v) is 2.70. The average molecular weight is 245 g/mol. The Bertz CT molecular complexity index is 540. The lowest BCUT2D eigenvalue weighted by atomic mass is 10.1. The quantitative estimate of drug-likeness (QED) is 0.897. The summed E-state index contributed by atoms with van der Waals surface area (Å²) in [5.41, 5.74) is 2.46. The molecule has 18 heavy (non-hydrogen) atoms. The average Bonchev–Trinajstić information content (AvgIpc) is 2.39. The van der Waals surface area contributed by atoms with Crippen LogP contribution in [0.1, 0.15) is 18.9 Å². The predicted octanol–water partition coefficient (Wildman–Crippen LogP) is 3.41. The number of nitrogens with zero attached hydrogens (tertiary/aromatic N) is 2. The summed E-state index contributed by atoms with van der Waals surface area (Å²) in [6, 6.07) is 4.70. The molecule has 4 heteroatoms. The van der Waals surface area contributed by atoms with Gasteiger partial charge in [-0.1, -0.05) is 13.0 Å². The highest BCUT2D eigenvalue weighted by Crippen LogP contribution is 2.27. The van der Waals surface area contributed by atoms with Crippen LogP contribution in [0.3, 0.4) is 0 Å². The smallest absolute Gasteiger partial charge is 0.152 e. The van der Waals surface area contributed by atoms with Gasteiger partial charge in [0.2, 0.25) is 0 Å². The molecule has 3 nitrogen and oxygen atoms in total. The van der Waals surface area contributed by atoms with Gasteiger partial charge in [0.1, 0.15) is 11.5 Å². The fourth-order valence-corrected chi connectivity index (χ4v) is 1.76.